The van der Waals surface area contributed by atoms with Crippen molar-refractivity contribution < 1.29 is 23.1 Å². The van der Waals surface area contributed by atoms with E-state index in [0.29, 0.717) is 11.5 Å². The number of sulfonamides is 1. The van der Waals surface area contributed by atoms with E-state index < -0.39 is 22.0 Å². The molecule has 1 atom stereocenters. The number of carboxylic acids is 1. The second-order valence-corrected chi connectivity index (χ2v) is 6.82. The van der Waals surface area contributed by atoms with Crippen molar-refractivity contribution in [1.29, 1.82) is 0 Å². The molecule has 7 heteroatoms. The first-order valence-electron chi connectivity index (χ1n) is 6.82. The summed E-state index contributed by atoms with van der Waals surface area (Å²) in [6.07, 6.45) is 0.945. The molecule has 23 heavy (non-hydrogen) atoms. The standard InChI is InChI=1S/C16H17NO5S/c1-12(16(18)19)17(23(2,20)21)13-8-10-15(11-9-13)22-14-6-4-3-5-7-14/h3-12H,1-2H3,(H,18,19)/p-1/t12-/m0/s1. The van der Waals surface area contributed by atoms with Crippen LogP contribution in [0.2, 0.25) is 0 Å². The number of anilines is 1. The molecule has 0 aliphatic heterocycles. The average Bonchev–Trinajstić information content (AvgIpc) is 2.49. The van der Waals surface area contributed by atoms with E-state index in [2.05, 4.69) is 0 Å². The molecule has 0 spiro atoms. The highest BCUT2D eigenvalue weighted by atomic mass is 32.2. The van der Waals surface area contributed by atoms with Gasteiger partial charge >= 0.3 is 0 Å². The molecule has 0 fully saturated rings. The summed E-state index contributed by atoms with van der Waals surface area (Å²) in [7, 11) is -3.76. The van der Waals surface area contributed by atoms with Crippen LogP contribution in [0.25, 0.3) is 0 Å². The molecule has 0 aromatic heterocycles. The molecule has 2 aromatic carbocycles. The summed E-state index contributed by atoms with van der Waals surface area (Å²) in [6.45, 7) is 1.25. The number of benzene rings is 2. The van der Waals surface area contributed by atoms with Crippen molar-refractivity contribution >= 4 is 21.7 Å². The predicted octanol–water partition coefficient (Wildman–Crippen LogP) is 1.38. The first-order chi connectivity index (χ1) is 10.8. The van der Waals surface area contributed by atoms with E-state index >= 15 is 0 Å². The fraction of sp³-hybridized carbons (Fsp3) is 0.188. The minimum absolute atomic E-state index is 0.226. The molecule has 0 N–H and O–H groups in total. The monoisotopic (exact) mass is 334 g/mol. The topological polar surface area (TPSA) is 86.7 Å². The third kappa shape index (κ3) is 4.23. The summed E-state index contributed by atoms with van der Waals surface area (Å²) in [6, 6.07) is 13.9. The number of para-hydroxylation sites is 1. The van der Waals surface area contributed by atoms with Crippen LogP contribution in [0.1, 0.15) is 6.92 Å². The van der Waals surface area contributed by atoms with Gasteiger partial charge in [0.25, 0.3) is 0 Å². The second kappa shape index (κ2) is 6.70. The lowest BCUT2D eigenvalue weighted by Gasteiger charge is -2.29. The first-order valence-corrected chi connectivity index (χ1v) is 8.67. The summed E-state index contributed by atoms with van der Waals surface area (Å²) in [4.78, 5) is 11.0. The van der Waals surface area contributed by atoms with Crippen LogP contribution in [0.15, 0.2) is 54.6 Å². The van der Waals surface area contributed by atoms with E-state index in [4.69, 9.17) is 4.74 Å². The van der Waals surface area contributed by atoms with E-state index in [1.807, 2.05) is 18.2 Å². The van der Waals surface area contributed by atoms with Crippen LogP contribution in [0.5, 0.6) is 11.5 Å². The molecule has 0 aliphatic rings. The Morgan fingerprint density at radius 2 is 1.57 bits per heavy atom. The Morgan fingerprint density at radius 3 is 2.04 bits per heavy atom. The number of hydrogen-bond acceptors (Lipinski definition) is 5. The van der Waals surface area contributed by atoms with Gasteiger partial charge in [-0.2, -0.15) is 0 Å². The zero-order valence-electron chi connectivity index (χ0n) is 12.7. The van der Waals surface area contributed by atoms with Crippen LogP contribution >= 0.6 is 0 Å². The van der Waals surface area contributed by atoms with E-state index in [1.54, 1.807) is 24.3 Å². The SMILES string of the molecule is C[C@@H](C(=O)[O-])N(c1ccc(Oc2ccccc2)cc1)S(C)(=O)=O. The normalized spacial score (nSPS) is 12.4. The van der Waals surface area contributed by atoms with Crippen LogP contribution in [-0.2, 0) is 14.8 Å². The molecule has 0 bridgehead atoms. The summed E-state index contributed by atoms with van der Waals surface area (Å²) in [5.74, 6) is -0.321. The molecule has 122 valence electrons. The van der Waals surface area contributed by atoms with Gasteiger partial charge in [0, 0.05) is 0 Å². The summed E-state index contributed by atoms with van der Waals surface area (Å²) >= 11 is 0. The number of carbonyl (C=O) groups is 1. The fourth-order valence-corrected chi connectivity index (χ4v) is 3.25. The number of aliphatic carboxylic acids is 1. The van der Waals surface area contributed by atoms with Gasteiger partial charge in [-0.05, 0) is 43.3 Å². The second-order valence-electron chi connectivity index (χ2n) is 4.96. The van der Waals surface area contributed by atoms with Gasteiger partial charge in [-0.1, -0.05) is 18.2 Å². The van der Waals surface area contributed by atoms with Gasteiger partial charge in [-0.25, -0.2) is 8.42 Å². The molecule has 2 aromatic rings. The first kappa shape index (κ1) is 16.8. The maximum atomic E-state index is 11.9. The lowest BCUT2D eigenvalue weighted by atomic mass is 10.2. The molecule has 2 rings (SSSR count). The van der Waals surface area contributed by atoms with Gasteiger partial charge < -0.3 is 14.6 Å². The molecule has 0 saturated heterocycles. The van der Waals surface area contributed by atoms with Gasteiger partial charge in [0.2, 0.25) is 10.0 Å². The summed E-state index contributed by atoms with van der Waals surface area (Å²) in [5, 5.41) is 11.0. The smallest absolute Gasteiger partial charge is 0.232 e. The largest absolute Gasteiger partial charge is 0.548 e. The summed E-state index contributed by atoms with van der Waals surface area (Å²) < 4.78 is 30.1. The molecule has 0 saturated carbocycles. The van der Waals surface area contributed by atoms with Gasteiger partial charge in [0.1, 0.15) is 11.5 Å². The van der Waals surface area contributed by atoms with E-state index in [-0.39, 0.29) is 5.69 Å². The number of carboxylic acid groups (broad SMARTS) is 1. The number of hydrogen-bond donors (Lipinski definition) is 0. The molecule has 6 nitrogen and oxygen atoms in total. The Labute approximate surface area is 135 Å². The summed E-state index contributed by atoms with van der Waals surface area (Å²) in [5.41, 5.74) is 0.226. The van der Waals surface area contributed by atoms with Crippen LogP contribution in [0, 0.1) is 0 Å². The lowest BCUT2D eigenvalue weighted by molar-refractivity contribution is -0.306. The number of ether oxygens (including phenoxy) is 1. The van der Waals surface area contributed by atoms with Crippen molar-refractivity contribution in [3.8, 4) is 11.5 Å². The van der Waals surface area contributed by atoms with Gasteiger partial charge in [0.05, 0.1) is 24.0 Å². The molecule has 0 amide bonds. The highest BCUT2D eigenvalue weighted by Crippen LogP contribution is 2.26. The van der Waals surface area contributed by atoms with Crippen molar-refractivity contribution in [3.05, 3.63) is 54.6 Å². The van der Waals surface area contributed by atoms with Crippen LogP contribution < -0.4 is 14.1 Å². The quantitative estimate of drug-likeness (QED) is 0.796. The highest BCUT2D eigenvalue weighted by Gasteiger charge is 2.24. The Balaban J connectivity index is 2.27. The van der Waals surface area contributed by atoms with Gasteiger partial charge in [-0.15, -0.1) is 0 Å². The molecular weight excluding hydrogens is 318 g/mol. The van der Waals surface area contributed by atoms with E-state index in [1.165, 1.54) is 19.1 Å². The fourth-order valence-electron chi connectivity index (χ4n) is 2.08. The molecular formula is C16H16NO5S-. The average molecular weight is 334 g/mol. The minimum atomic E-state index is -3.76. The van der Waals surface area contributed by atoms with Crippen LogP contribution in [-0.4, -0.2) is 26.7 Å². The van der Waals surface area contributed by atoms with Crippen molar-refractivity contribution in [3.63, 3.8) is 0 Å². The molecule has 0 aliphatic carbocycles. The Kier molecular flexibility index (Phi) is 4.90. The predicted molar refractivity (Wildman–Crippen MR) is 84.7 cm³/mol. The zero-order valence-corrected chi connectivity index (χ0v) is 13.5. The van der Waals surface area contributed by atoms with Crippen molar-refractivity contribution in [1.82, 2.24) is 0 Å². The molecule has 0 heterocycles. The number of carbonyl (C=O) groups excluding carboxylic acids is 1. The third-order valence-corrected chi connectivity index (χ3v) is 4.36. The minimum Gasteiger partial charge on any atom is -0.548 e. The Morgan fingerprint density at radius 1 is 1.04 bits per heavy atom. The highest BCUT2D eigenvalue weighted by molar-refractivity contribution is 7.92. The maximum Gasteiger partial charge on any atom is 0.232 e. The van der Waals surface area contributed by atoms with Crippen LogP contribution in [0.4, 0.5) is 5.69 Å². The van der Waals surface area contributed by atoms with Gasteiger partial charge in [0.15, 0.2) is 0 Å². The van der Waals surface area contributed by atoms with Gasteiger partial charge in [-0.3, -0.25) is 4.31 Å². The lowest BCUT2D eigenvalue weighted by Crippen LogP contribution is -2.48. The van der Waals surface area contributed by atoms with E-state index in [0.717, 1.165) is 10.6 Å². The third-order valence-electron chi connectivity index (χ3n) is 3.12. The molecule has 0 unspecified atom stereocenters. The van der Waals surface area contributed by atoms with Crippen LogP contribution in [0.3, 0.4) is 0 Å². The van der Waals surface area contributed by atoms with Crippen molar-refractivity contribution in [2.24, 2.45) is 0 Å². The Hall–Kier alpha value is -2.54. The number of nitrogens with zero attached hydrogens (tertiary/aromatic N) is 1. The molecule has 0 radical (unpaired) electrons. The van der Waals surface area contributed by atoms with Crippen molar-refractivity contribution in [2.75, 3.05) is 10.6 Å². The maximum absolute atomic E-state index is 11.9. The Bertz CT molecular complexity index is 772. The van der Waals surface area contributed by atoms with Crippen molar-refractivity contribution in [2.45, 2.75) is 13.0 Å². The zero-order chi connectivity index (χ0) is 17.0. The van der Waals surface area contributed by atoms with E-state index in [9.17, 15) is 18.3 Å². The number of rotatable bonds is 6.